The first kappa shape index (κ1) is 20.9. The van der Waals surface area contributed by atoms with Crippen molar-refractivity contribution in [3.63, 3.8) is 0 Å². The molecule has 0 spiro atoms. The van der Waals surface area contributed by atoms with Gasteiger partial charge in [-0.15, -0.1) is 0 Å². The molecule has 0 aromatic heterocycles. The molecule has 2 aromatic carbocycles. The fraction of sp³-hybridized carbons (Fsp3) is 0.286. The van der Waals surface area contributed by atoms with Crippen LogP contribution in [0.2, 0.25) is 0 Å². The molecule has 1 N–H and O–H groups in total. The normalized spacial score (nSPS) is 11.9. The van der Waals surface area contributed by atoms with Gasteiger partial charge in [-0.1, -0.05) is 31.2 Å². The second-order valence-corrected chi connectivity index (χ2v) is 8.77. The molecule has 0 radical (unpaired) electrons. The summed E-state index contributed by atoms with van der Waals surface area (Å²) in [5.41, 5.74) is 4.29. The number of nitrogens with zero attached hydrogens (tertiary/aromatic N) is 1. The van der Waals surface area contributed by atoms with Crippen LogP contribution in [0, 0.1) is 13.8 Å². The molecule has 0 aliphatic carbocycles. The number of amides is 1. The quantitative estimate of drug-likeness (QED) is 0.769. The number of nitrogens with one attached hydrogen (secondary N) is 1. The molecule has 2 aromatic rings. The lowest BCUT2D eigenvalue weighted by Gasteiger charge is -2.16. The summed E-state index contributed by atoms with van der Waals surface area (Å²) in [5, 5.41) is 2.79. The number of carbonyl (C=O) groups excluding carboxylic acids is 1. The van der Waals surface area contributed by atoms with Gasteiger partial charge in [-0.05, 0) is 60.7 Å². The van der Waals surface area contributed by atoms with Gasteiger partial charge in [0.1, 0.15) is 0 Å². The molecule has 0 bridgehead atoms. The van der Waals surface area contributed by atoms with E-state index in [1.54, 1.807) is 12.1 Å². The minimum atomic E-state index is -3.57. The van der Waals surface area contributed by atoms with E-state index in [9.17, 15) is 13.2 Å². The largest absolute Gasteiger partial charge is 0.322 e. The molecule has 0 aliphatic rings. The molecule has 5 nitrogen and oxygen atoms in total. The first-order chi connectivity index (χ1) is 12.6. The highest BCUT2D eigenvalue weighted by molar-refractivity contribution is 7.89. The first-order valence-electron chi connectivity index (χ1n) is 8.77. The second-order valence-electron chi connectivity index (χ2n) is 6.62. The molecule has 0 heterocycles. The van der Waals surface area contributed by atoms with Crippen LogP contribution >= 0.6 is 0 Å². The Morgan fingerprint density at radius 2 is 1.74 bits per heavy atom. The van der Waals surface area contributed by atoms with E-state index in [0.717, 1.165) is 27.4 Å². The van der Waals surface area contributed by atoms with Gasteiger partial charge in [0.2, 0.25) is 15.9 Å². The zero-order chi connectivity index (χ0) is 20.2. The van der Waals surface area contributed by atoms with Crippen molar-refractivity contribution < 1.29 is 13.2 Å². The van der Waals surface area contributed by atoms with Gasteiger partial charge in [0.05, 0.1) is 4.90 Å². The summed E-state index contributed by atoms with van der Waals surface area (Å²) in [6.45, 7) is 5.77. The Hall–Kier alpha value is -2.44. The van der Waals surface area contributed by atoms with E-state index in [1.165, 1.54) is 31.8 Å². The van der Waals surface area contributed by atoms with Crippen molar-refractivity contribution >= 4 is 27.7 Å². The molecular formula is C21H26N2O3S. The number of carbonyl (C=O) groups is 1. The maximum Gasteiger partial charge on any atom is 0.248 e. The van der Waals surface area contributed by atoms with E-state index in [0.29, 0.717) is 5.69 Å². The van der Waals surface area contributed by atoms with Crippen LogP contribution in [0.3, 0.4) is 0 Å². The van der Waals surface area contributed by atoms with Gasteiger partial charge in [-0.3, -0.25) is 4.79 Å². The third-order valence-electron chi connectivity index (χ3n) is 4.49. The van der Waals surface area contributed by atoms with Crippen molar-refractivity contribution in [1.29, 1.82) is 0 Å². The molecule has 1 amide bonds. The van der Waals surface area contributed by atoms with Crippen molar-refractivity contribution in [1.82, 2.24) is 4.31 Å². The third-order valence-corrected chi connectivity index (χ3v) is 6.29. The van der Waals surface area contributed by atoms with Gasteiger partial charge in [-0.2, -0.15) is 0 Å². The van der Waals surface area contributed by atoms with E-state index < -0.39 is 10.0 Å². The number of aryl methyl sites for hydroxylation is 2. The van der Waals surface area contributed by atoms with Gasteiger partial charge < -0.3 is 5.32 Å². The third kappa shape index (κ3) is 5.05. The molecule has 2 rings (SSSR count). The van der Waals surface area contributed by atoms with Gasteiger partial charge in [0.25, 0.3) is 0 Å². The lowest BCUT2D eigenvalue weighted by Crippen LogP contribution is -2.22. The van der Waals surface area contributed by atoms with Crippen LogP contribution in [0.15, 0.2) is 47.4 Å². The molecule has 0 unspecified atom stereocenters. The van der Waals surface area contributed by atoms with Crippen LogP contribution in [0.25, 0.3) is 6.08 Å². The smallest absolute Gasteiger partial charge is 0.248 e. The Balaban J connectivity index is 2.24. The molecule has 0 atom stereocenters. The summed E-state index contributed by atoms with van der Waals surface area (Å²) in [6, 6.07) is 11.1. The SMILES string of the molecule is CCc1ccc(/C=C/C(=O)Nc2cc(S(=O)(=O)N(C)C)cc(C)c2C)cc1. The van der Waals surface area contributed by atoms with Crippen LogP contribution in [0.1, 0.15) is 29.2 Å². The maximum atomic E-state index is 12.4. The van der Waals surface area contributed by atoms with Crippen molar-refractivity contribution in [2.45, 2.75) is 32.1 Å². The van der Waals surface area contributed by atoms with Crippen molar-refractivity contribution in [2.24, 2.45) is 0 Å². The van der Waals surface area contributed by atoms with E-state index >= 15 is 0 Å². The number of benzene rings is 2. The molecule has 27 heavy (non-hydrogen) atoms. The van der Waals surface area contributed by atoms with E-state index in [1.807, 2.05) is 38.1 Å². The summed E-state index contributed by atoms with van der Waals surface area (Å²) in [6.07, 6.45) is 4.15. The molecule has 0 fully saturated rings. The minimum Gasteiger partial charge on any atom is -0.322 e. The van der Waals surface area contributed by atoms with Gasteiger partial charge in [-0.25, -0.2) is 12.7 Å². The zero-order valence-electron chi connectivity index (χ0n) is 16.4. The van der Waals surface area contributed by atoms with Gasteiger partial charge in [0.15, 0.2) is 0 Å². The molecule has 6 heteroatoms. The topological polar surface area (TPSA) is 66.5 Å². The van der Waals surface area contributed by atoms with E-state index in [4.69, 9.17) is 0 Å². The van der Waals surface area contributed by atoms with Crippen LogP contribution in [-0.4, -0.2) is 32.7 Å². The van der Waals surface area contributed by atoms with Crippen molar-refractivity contribution in [3.8, 4) is 0 Å². The van der Waals surface area contributed by atoms with Crippen LogP contribution in [0.5, 0.6) is 0 Å². The Labute approximate surface area is 161 Å². The summed E-state index contributed by atoms with van der Waals surface area (Å²) in [4.78, 5) is 12.5. The average Bonchev–Trinajstić information content (AvgIpc) is 2.63. The summed E-state index contributed by atoms with van der Waals surface area (Å²) >= 11 is 0. The summed E-state index contributed by atoms with van der Waals surface area (Å²) < 4.78 is 25.9. The van der Waals surface area contributed by atoms with Crippen molar-refractivity contribution in [3.05, 3.63) is 64.7 Å². The van der Waals surface area contributed by atoms with E-state index in [2.05, 4.69) is 12.2 Å². The Morgan fingerprint density at radius 3 is 2.30 bits per heavy atom. The van der Waals surface area contributed by atoms with Crippen LogP contribution in [-0.2, 0) is 21.2 Å². The van der Waals surface area contributed by atoms with E-state index in [-0.39, 0.29) is 10.8 Å². The predicted octanol–water partition coefficient (Wildman–Crippen LogP) is 3.77. The maximum absolute atomic E-state index is 12.4. The zero-order valence-corrected chi connectivity index (χ0v) is 17.2. The number of rotatable bonds is 6. The fourth-order valence-electron chi connectivity index (χ4n) is 2.53. The standard InChI is InChI=1S/C21H26N2O3S/c1-6-17-7-9-18(10-8-17)11-12-21(24)22-20-14-19(13-15(2)16(20)3)27(25,26)23(4)5/h7-14H,6H2,1-5H3,(H,22,24)/b12-11+. The average molecular weight is 387 g/mol. The van der Waals surface area contributed by atoms with Crippen molar-refractivity contribution in [2.75, 3.05) is 19.4 Å². The summed E-state index contributed by atoms with van der Waals surface area (Å²) in [5.74, 6) is -0.309. The Kier molecular flexibility index (Phi) is 6.57. The number of hydrogen-bond donors (Lipinski definition) is 1. The number of anilines is 1. The molecule has 144 valence electrons. The van der Waals surface area contributed by atoms with Gasteiger partial charge >= 0.3 is 0 Å². The molecule has 0 saturated carbocycles. The Morgan fingerprint density at radius 1 is 1.11 bits per heavy atom. The number of sulfonamides is 1. The van der Waals surface area contributed by atoms with Crippen LogP contribution < -0.4 is 5.32 Å². The highest BCUT2D eigenvalue weighted by atomic mass is 32.2. The first-order valence-corrected chi connectivity index (χ1v) is 10.2. The lowest BCUT2D eigenvalue weighted by molar-refractivity contribution is -0.111. The molecule has 0 aliphatic heterocycles. The highest BCUT2D eigenvalue weighted by Gasteiger charge is 2.19. The fourth-order valence-corrected chi connectivity index (χ4v) is 3.54. The summed E-state index contributed by atoms with van der Waals surface area (Å²) in [7, 11) is -0.609. The minimum absolute atomic E-state index is 0.157. The number of hydrogen-bond acceptors (Lipinski definition) is 3. The second kappa shape index (κ2) is 8.50. The highest BCUT2D eigenvalue weighted by Crippen LogP contribution is 2.25. The van der Waals surface area contributed by atoms with Crippen LogP contribution in [0.4, 0.5) is 5.69 Å². The predicted molar refractivity (Wildman–Crippen MR) is 110 cm³/mol. The van der Waals surface area contributed by atoms with Gasteiger partial charge in [0, 0.05) is 25.9 Å². The monoisotopic (exact) mass is 386 g/mol. The molecule has 0 saturated heterocycles. The Bertz CT molecular complexity index is 960. The lowest BCUT2D eigenvalue weighted by atomic mass is 10.1. The molecular weight excluding hydrogens is 360 g/mol.